The lowest BCUT2D eigenvalue weighted by Gasteiger charge is -2.20. The van der Waals surface area contributed by atoms with E-state index in [9.17, 15) is 9.18 Å². The molecule has 162 valence electrons. The minimum Gasteiger partial charge on any atom is -0.481 e. The predicted octanol–water partition coefficient (Wildman–Crippen LogP) is 4.53. The molecule has 0 bridgehead atoms. The van der Waals surface area contributed by atoms with Crippen LogP contribution in [0.15, 0.2) is 54.6 Å². The van der Waals surface area contributed by atoms with Gasteiger partial charge in [0.2, 0.25) is 5.95 Å². The Labute approximate surface area is 181 Å². The Hall–Kier alpha value is -3.68. The van der Waals surface area contributed by atoms with E-state index < -0.39 is 5.82 Å². The molecule has 0 aliphatic carbocycles. The first kappa shape index (κ1) is 22.0. The topological polar surface area (TPSA) is 79.4 Å². The SMILES string of the molecule is CCN(CC)c1cc(C)nc(Nc2ccc(NC(=O)COc3ccccc3F)cc2)n1. The number of nitrogens with zero attached hydrogens (tertiary/aromatic N) is 3. The Morgan fingerprint density at radius 2 is 1.71 bits per heavy atom. The predicted molar refractivity (Wildman–Crippen MR) is 121 cm³/mol. The van der Waals surface area contributed by atoms with E-state index in [2.05, 4.69) is 39.3 Å². The van der Waals surface area contributed by atoms with Gasteiger partial charge in [0, 0.05) is 36.2 Å². The van der Waals surface area contributed by atoms with Gasteiger partial charge >= 0.3 is 0 Å². The zero-order valence-electron chi connectivity index (χ0n) is 17.9. The smallest absolute Gasteiger partial charge is 0.262 e. The number of rotatable bonds is 9. The molecule has 3 aromatic rings. The number of aryl methyl sites for hydroxylation is 1. The molecule has 0 fully saturated rings. The number of hydrogen-bond donors (Lipinski definition) is 2. The number of para-hydroxylation sites is 1. The molecule has 0 spiro atoms. The highest BCUT2D eigenvalue weighted by Crippen LogP contribution is 2.20. The fraction of sp³-hybridized carbons (Fsp3) is 0.261. The van der Waals surface area contributed by atoms with Gasteiger partial charge in [0.15, 0.2) is 18.2 Å². The van der Waals surface area contributed by atoms with Crippen LogP contribution in [0.3, 0.4) is 0 Å². The van der Waals surface area contributed by atoms with Gasteiger partial charge in [-0.15, -0.1) is 0 Å². The minimum absolute atomic E-state index is 0.0411. The van der Waals surface area contributed by atoms with E-state index in [4.69, 9.17) is 4.74 Å². The maximum absolute atomic E-state index is 13.5. The number of amides is 1. The molecule has 1 amide bonds. The molecule has 0 aliphatic heterocycles. The number of carbonyl (C=O) groups is 1. The summed E-state index contributed by atoms with van der Waals surface area (Å²) in [5, 5.41) is 5.91. The Bertz CT molecular complexity index is 1020. The van der Waals surface area contributed by atoms with Gasteiger partial charge in [0.1, 0.15) is 5.82 Å². The normalized spacial score (nSPS) is 10.5. The van der Waals surface area contributed by atoms with Crippen molar-refractivity contribution in [2.75, 3.05) is 35.2 Å². The average molecular weight is 423 g/mol. The van der Waals surface area contributed by atoms with Crippen LogP contribution in [-0.2, 0) is 4.79 Å². The summed E-state index contributed by atoms with van der Waals surface area (Å²) in [6.45, 7) is 7.54. The van der Waals surface area contributed by atoms with Crippen molar-refractivity contribution < 1.29 is 13.9 Å². The third kappa shape index (κ3) is 6.15. The van der Waals surface area contributed by atoms with Gasteiger partial charge in [-0.05, 0) is 57.2 Å². The molecule has 0 radical (unpaired) electrons. The van der Waals surface area contributed by atoms with E-state index in [1.54, 1.807) is 24.3 Å². The summed E-state index contributed by atoms with van der Waals surface area (Å²) in [4.78, 5) is 23.3. The molecule has 1 heterocycles. The molecule has 31 heavy (non-hydrogen) atoms. The van der Waals surface area contributed by atoms with E-state index >= 15 is 0 Å². The summed E-state index contributed by atoms with van der Waals surface area (Å²) in [6, 6.07) is 15.1. The molecule has 0 aliphatic rings. The highest BCUT2D eigenvalue weighted by molar-refractivity contribution is 5.92. The second-order valence-corrected chi connectivity index (χ2v) is 6.83. The van der Waals surface area contributed by atoms with Gasteiger partial charge in [0.25, 0.3) is 5.91 Å². The summed E-state index contributed by atoms with van der Waals surface area (Å²) in [7, 11) is 0. The lowest BCUT2D eigenvalue weighted by atomic mass is 10.3. The minimum atomic E-state index is -0.506. The van der Waals surface area contributed by atoms with E-state index in [1.165, 1.54) is 12.1 Å². The summed E-state index contributed by atoms with van der Waals surface area (Å²) in [5.74, 6) is 0.540. The lowest BCUT2D eigenvalue weighted by Crippen LogP contribution is -2.23. The van der Waals surface area contributed by atoms with Crippen molar-refractivity contribution in [2.45, 2.75) is 20.8 Å². The molecule has 3 rings (SSSR count). The standard InChI is InChI=1S/C23H26FN5O2/c1-4-29(5-2)21-14-16(3)25-23(28-21)27-18-12-10-17(11-13-18)26-22(30)15-31-20-9-7-6-8-19(20)24/h6-14H,4-5,15H2,1-3H3,(H,26,30)(H,25,27,28). The number of hydrogen-bond acceptors (Lipinski definition) is 6. The fourth-order valence-electron chi connectivity index (χ4n) is 2.99. The highest BCUT2D eigenvalue weighted by Gasteiger charge is 2.09. The van der Waals surface area contributed by atoms with Crippen LogP contribution in [0.1, 0.15) is 19.5 Å². The second kappa shape index (κ2) is 10.4. The van der Waals surface area contributed by atoms with Crippen molar-refractivity contribution in [1.29, 1.82) is 0 Å². The average Bonchev–Trinajstić information content (AvgIpc) is 2.75. The molecule has 2 aromatic carbocycles. The Kier molecular flexibility index (Phi) is 7.37. The molecule has 0 atom stereocenters. The number of nitrogens with one attached hydrogen (secondary N) is 2. The quantitative estimate of drug-likeness (QED) is 0.526. The van der Waals surface area contributed by atoms with E-state index in [1.807, 2.05) is 25.1 Å². The van der Waals surface area contributed by atoms with Gasteiger partial charge < -0.3 is 20.3 Å². The summed E-state index contributed by atoms with van der Waals surface area (Å²) in [5.41, 5.74) is 2.26. The third-order valence-corrected chi connectivity index (χ3v) is 4.55. The number of anilines is 4. The Morgan fingerprint density at radius 1 is 1.03 bits per heavy atom. The number of ether oxygens (including phenoxy) is 1. The molecule has 0 saturated carbocycles. The molecule has 0 saturated heterocycles. The molecule has 7 nitrogen and oxygen atoms in total. The van der Waals surface area contributed by atoms with Crippen molar-refractivity contribution in [3.63, 3.8) is 0 Å². The van der Waals surface area contributed by atoms with Crippen molar-refractivity contribution >= 4 is 29.0 Å². The molecular weight excluding hydrogens is 397 g/mol. The van der Waals surface area contributed by atoms with Crippen LogP contribution in [0.25, 0.3) is 0 Å². The number of halogens is 1. The van der Waals surface area contributed by atoms with Gasteiger partial charge in [-0.1, -0.05) is 12.1 Å². The van der Waals surface area contributed by atoms with Gasteiger partial charge in [-0.3, -0.25) is 4.79 Å². The number of carbonyl (C=O) groups excluding carboxylic acids is 1. The van der Waals surface area contributed by atoms with Crippen LogP contribution in [0.4, 0.5) is 27.5 Å². The summed E-state index contributed by atoms with van der Waals surface area (Å²) < 4.78 is 18.8. The fourth-order valence-corrected chi connectivity index (χ4v) is 2.99. The van der Waals surface area contributed by atoms with E-state index in [-0.39, 0.29) is 18.3 Å². The van der Waals surface area contributed by atoms with Crippen LogP contribution in [0.2, 0.25) is 0 Å². The van der Waals surface area contributed by atoms with Crippen LogP contribution in [0.5, 0.6) is 5.75 Å². The Balaban J connectivity index is 1.59. The zero-order valence-corrected chi connectivity index (χ0v) is 17.9. The van der Waals surface area contributed by atoms with Crippen LogP contribution >= 0.6 is 0 Å². The summed E-state index contributed by atoms with van der Waals surface area (Å²) >= 11 is 0. The van der Waals surface area contributed by atoms with E-state index in [0.29, 0.717) is 11.6 Å². The van der Waals surface area contributed by atoms with Crippen LogP contribution in [0, 0.1) is 12.7 Å². The first-order chi connectivity index (χ1) is 15.0. The molecule has 2 N–H and O–H groups in total. The Morgan fingerprint density at radius 3 is 2.39 bits per heavy atom. The van der Waals surface area contributed by atoms with Gasteiger partial charge in [0.05, 0.1) is 0 Å². The van der Waals surface area contributed by atoms with Crippen LogP contribution < -0.4 is 20.3 Å². The maximum Gasteiger partial charge on any atom is 0.262 e. The largest absolute Gasteiger partial charge is 0.481 e. The first-order valence-corrected chi connectivity index (χ1v) is 10.1. The molecule has 8 heteroatoms. The molecule has 1 aromatic heterocycles. The highest BCUT2D eigenvalue weighted by atomic mass is 19.1. The van der Waals surface area contributed by atoms with E-state index in [0.717, 1.165) is 30.3 Å². The molecule has 0 unspecified atom stereocenters. The summed E-state index contributed by atoms with van der Waals surface area (Å²) in [6.07, 6.45) is 0. The third-order valence-electron chi connectivity index (χ3n) is 4.55. The first-order valence-electron chi connectivity index (χ1n) is 10.1. The lowest BCUT2D eigenvalue weighted by molar-refractivity contribution is -0.118. The maximum atomic E-state index is 13.5. The number of aromatic nitrogens is 2. The zero-order chi connectivity index (χ0) is 22.2. The van der Waals surface area contributed by atoms with Crippen molar-refractivity contribution in [3.05, 3.63) is 66.1 Å². The molecular formula is C23H26FN5O2. The second-order valence-electron chi connectivity index (χ2n) is 6.83. The van der Waals surface area contributed by atoms with Crippen molar-refractivity contribution in [3.8, 4) is 5.75 Å². The van der Waals surface area contributed by atoms with Crippen LogP contribution in [-0.4, -0.2) is 35.6 Å². The van der Waals surface area contributed by atoms with Crippen molar-refractivity contribution in [2.24, 2.45) is 0 Å². The van der Waals surface area contributed by atoms with Gasteiger partial charge in [-0.2, -0.15) is 4.98 Å². The monoisotopic (exact) mass is 423 g/mol. The number of benzene rings is 2. The van der Waals surface area contributed by atoms with Crippen molar-refractivity contribution in [1.82, 2.24) is 9.97 Å². The van der Waals surface area contributed by atoms with Gasteiger partial charge in [-0.25, -0.2) is 9.37 Å².